The van der Waals surface area contributed by atoms with Gasteiger partial charge in [-0.1, -0.05) is 30.3 Å². The molecule has 3 aliphatic heterocycles. The number of aromatic nitrogens is 3. The van der Waals surface area contributed by atoms with E-state index >= 15 is 4.39 Å². The number of ether oxygens (including phenoxy) is 1. The fourth-order valence-corrected chi connectivity index (χ4v) is 8.65. The van der Waals surface area contributed by atoms with Crippen molar-refractivity contribution < 1.29 is 14.2 Å². The van der Waals surface area contributed by atoms with Crippen molar-refractivity contribution in [1.82, 2.24) is 24.8 Å². The highest BCUT2D eigenvalue weighted by Gasteiger charge is 2.48. The smallest absolute Gasteiger partial charge is 0.224 e. The van der Waals surface area contributed by atoms with Crippen molar-refractivity contribution in [3.05, 3.63) is 84.6 Å². The van der Waals surface area contributed by atoms with Gasteiger partial charge in [0.15, 0.2) is 5.82 Å². The van der Waals surface area contributed by atoms with Gasteiger partial charge in [0.25, 0.3) is 0 Å². The van der Waals surface area contributed by atoms with Gasteiger partial charge < -0.3 is 24.6 Å². The molecule has 1 saturated carbocycles. The second kappa shape index (κ2) is 11.8. The van der Waals surface area contributed by atoms with Gasteiger partial charge in [-0.3, -0.25) is 4.98 Å². The molecular weight excluding hydrogens is 615 g/mol. The Morgan fingerprint density at radius 3 is 2.78 bits per heavy atom. The maximum absolute atomic E-state index is 17.6. The summed E-state index contributed by atoms with van der Waals surface area (Å²) in [4.78, 5) is 11.8. The summed E-state index contributed by atoms with van der Waals surface area (Å²) < 4.78 is 26.6. The van der Waals surface area contributed by atoms with Crippen LogP contribution in [0.3, 0.4) is 0 Å². The number of hydrogen-bond acceptors (Lipinski definition) is 7. The lowest BCUT2D eigenvalue weighted by Gasteiger charge is -2.36. The van der Waals surface area contributed by atoms with Gasteiger partial charge in [-0.25, -0.2) is 9.37 Å². The van der Waals surface area contributed by atoms with Gasteiger partial charge in [0.05, 0.1) is 23.0 Å². The fourth-order valence-electron chi connectivity index (χ4n) is 8.65. The number of benzene rings is 3. The zero-order valence-electron chi connectivity index (χ0n) is 27.4. The molecule has 2 bridgehead atoms. The van der Waals surface area contributed by atoms with Crippen LogP contribution >= 0.6 is 0 Å². The number of aryl methyl sites for hydroxylation is 1. The van der Waals surface area contributed by atoms with Crippen molar-refractivity contribution in [2.45, 2.75) is 50.2 Å². The van der Waals surface area contributed by atoms with Crippen LogP contribution in [0.2, 0.25) is 0 Å². The van der Waals surface area contributed by atoms with Crippen LogP contribution in [-0.2, 0) is 6.42 Å². The van der Waals surface area contributed by atoms with Gasteiger partial charge in [-0.15, -0.1) is 0 Å². The molecule has 3 aromatic heterocycles. The van der Waals surface area contributed by atoms with Crippen LogP contribution in [0.5, 0.6) is 11.6 Å². The summed E-state index contributed by atoms with van der Waals surface area (Å²) in [5.74, 6) is 0.463. The summed E-state index contributed by atoms with van der Waals surface area (Å²) in [6.07, 6.45) is 9.65. The Morgan fingerprint density at radius 2 is 2.02 bits per heavy atom. The van der Waals surface area contributed by atoms with E-state index in [-0.39, 0.29) is 29.8 Å². The number of likely N-dealkylation sites (tertiary alicyclic amines) is 1. The Hall–Kier alpha value is -5.04. The quantitative estimate of drug-likeness (QED) is 0.177. The van der Waals surface area contributed by atoms with Crippen molar-refractivity contribution in [2.24, 2.45) is 5.92 Å². The number of nitrogens with one attached hydrogen (secondary N) is 1. The molecule has 4 fully saturated rings. The monoisotopic (exact) mass is 652 g/mol. The Morgan fingerprint density at radius 1 is 1.12 bits per heavy atom. The van der Waals surface area contributed by atoms with Gasteiger partial charge in [0.2, 0.25) is 5.88 Å². The van der Waals surface area contributed by atoms with Gasteiger partial charge in [0, 0.05) is 65.7 Å². The molecule has 4 unspecified atom stereocenters. The number of aromatic hydroxyl groups is 1. The second-order valence-corrected chi connectivity index (χ2v) is 13.9. The van der Waals surface area contributed by atoms with E-state index in [0.717, 1.165) is 65.2 Å². The van der Waals surface area contributed by atoms with Crippen LogP contribution in [0.1, 0.15) is 37.3 Å². The predicted octanol–water partition coefficient (Wildman–Crippen LogP) is 7.38. The molecule has 10 rings (SSSR count). The van der Waals surface area contributed by atoms with Crippen molar-refractivity contribution >= 4 is 32.6 Å². The first-order valence-corrected chi connectivity index (χ1v) is 17.3. The van der Waals surface area contributed by atoms with Crippen molar-refractivity contribution in [3.8, 4) is 40.0 Å². The minimum absolute atomic E-state index is 0.0514. The van der Waals surface area contributed by atoms with Crippen LogP contribution < -0.4 is 10.1 Å². The Kier molecular flexibility index (Phi) is 7.26. The van der Waals surface area contributed by atoms with E-state index in [9.17, 15) is 10.4 Å². The number of nitrogens with zero attached hydrogens (tertiary/aromatic N) is 5. The second-order valence-electron chi connectivity index (χ2n) is 13.9. The first kappa shape index (κ1) is 30.1. The molecule has 8 nitrogen and oxygen atoms in total. The summed E-state index contributed by atoms with van der Waals surface area (Å²) in [6, 6.07) is 20.1. The standard InChI is InChI=1S/C40H37FN6O2/c1-46-14-6-10-27(46)22-49-40-35-32(25-9-5-13-43-19-25)21-47(38-26-17-33(38)44-20-26)39(35)31-16-24(8-4-12-42)34(36(41)37(31)45-40)30-18-28(48)15-23-7-2-3-11-29(23)30/h2-3,5,7,9,11,13,15-16,18-19,21,26-27,33,38,44,48H,4,6,8,10,14,17,20,22H2,1H3. The van der Waals surface area contributed by atoms with Gasteiger partial charge >= 0.3 is 0 Å². The first-order valence-electron chi connectivity index (χ1n) is 17.3. The number of fused-ring (bicyclic) bond motifs is 5. The molecule has 4 aliphatic rings. The molecule has 3 saturated heterocycles. The summed E-state index contributed by atoms with van der Waals surface area (Å²) in [7, 11) is 2.12. The zero-order chi connectivity index (χ0) is 33.2. The largest absolute Gasteiger partial charge is 0.508 e. The third kappa shape index (κ3) is 4.85. The molecule has 246 valence electrons. The molecule has 3 aromatic carbocycles. The molecule has 0 radical (unpaired) electrons. The van der Waals surface area contributed by atoms with E-state index < -0.39 is 5.82 Å². The van der Waals surface area contributed by atoms with E-state index in [4.69, 9.17) is 9.72 Å². The average molecular weight is 653 g/mol. The average Bonchev–Trinajstić information content (AvgIpc) is 3.92. The lowest BCUT2D eigenvalue weighted by atomic mass is 9.80. The van der Waals surface area contributed by atoms with Gasteiger partial charge in [0.1, 0.15) is 17.9 Å². The summed E-state index contributed by atoms with van der Waals surface area (Å²) in [5.41, 5.74) is 4.67. The SMILES string of the molecule is CN1CCCC1COc1nc2c(F)c(-c3cc(O)cc4ccccc34)c(CCC#N)cc2c2c1c(-c1cccnc1)cn2C1C2CNC1C2. The number of likely N-dealkylation sites (N-methyl/N-ethyl adjacent to an activating group) is 1. The highest BCUT2D eigenvalue weighted by molar-refractivity contribution is 6.14. The molecule has 0 amide bonds. The maximum Gasteiger partial charge on any atom is 0.224 e. The van der Waals surface area contributed by atoms with Crippen molar-refractivity contribution in [2.75, 3.05) is 26.7 Å². The number of hydrogen-bond donors (Lipinski definition) is 2. The van der Waals surface area contributed by atoms with Crippen LogP contribution in [0.4, 0.5) is 4.39 Å². The summed E-state index contributed by atoms with van der Waals surface area (Å²) in [5, 5.41) is 27.3. The molecule has 9 heteroatoms. The fraction of sp³-hybridized carbons (Fsp3) is 0.325. The summed E-state index contributed by atoms with van der Waals surface area (Å²) >= 11 is 0. The van der Waals surface area contributed by atoms with E-state index in [2.05, 4.69) is 39.1 Å². The maximum atomic E-state index is 17.6. The number of phenols is 1. The molecular formula is C40H37FN6O2. The zero-order valence-corrected chi connectivity index (χ0v) is 27.4. The minimum atomic E-state index is -0.476. The number of phenolic OH excluding ortho intramolecular Hbond substituents is 1. The lowest BCUT2D eigenvalue weighted by molar-refractivity contribution is 0.195. The topological polar surface area (TPSA) is 99.2 Å². The van der Waals surface area contributed by atoms with Crippen LogP contribution in [0.15, 0.2) is 73.2 Å². The predicted molar refractivity (Wildman–Crippen MR) is 189 cm³/mol. The van der Waals surface area contributed by atoms with Crippen molar-refractivity contribution in [3.63, 3.8) is 0 Å². The molecule has 4 atom stereocenters. The third-order valence-electron chi connectivity index (χ3n) is 11.1. The highest BCUT2D eigenvalue weighted by Crippen LogP contribution is 2.50. The molecule has 1 aliphatic carbocycles. The minimum Gasteiger partial charge on any atom is -0.508 e. The van der Waals surface area contributed by atoms with Gasteiger partial charge in [-0.2, -0.15) is 5.26 Å². The third-order valence-corrected chi connectivity index (χ3v) is 11.1. The number of pyridine rings is 2. The highest BCUT2D eigenvalue weighted by atomic mass is 19.1. The Balaban J connectivity index is 1.37. The van der Waals surface area contributed by atoms with Crippen molar-refractivity contribution in [1.29, 1.82) is 5.26 Å². The van der Waals surface area contributed by atoms with Crippen LogP contribution in [0, 0.1) is 23.1 Å². The number of rotatable bonds is 8. The molecule has 6 aromatic rings. The number of halogens is 1. The van der Waals surface area contributed by atoms with E-state index in [1.807, 2.05) is 48.7 Å². The Bertz CT molecular complexity index is 2280. The van der Waals surface area contributed by atoms with Crippen LogP contribution in [-0.4, -0.2) is 63.4 Å². The molecule has 2 N–H and O–H groups in total. The van der Waals surface area contributed by atoms with E-state index in [0.29, 0.717) is 52.9 Å². The summed E-state index contributed by atoms with van der Waals surface area (Å²) in [6.45, 7) is 2.42. The molecule has 49 heavy (non-hydrogen) atoms. The van der Waals surface area contributed by atoms with Gasteiger partial charge in [-0.05, 0) is 91.4 Å². The van der Waals surface area contributed by atoms with Crippen LogP contribution in [0.25, 0.3) is 54.8 Å². The molecule has 6 heterocycles. The Labute approximate surface area is 283 Å². The van der Waals surface area contributed by atoms with E-state index in [1.54, 1.807) is 18.3 Å². The normalized spacial score (nSPS) is 21.8. The number of nitriles is 1. The lowest BCUT2D eigenvalue weighted by Crippen LogP contribution is -2.38. The molecule has 0 spiro atoms. The van der Waals surface area contributed by atoms with E-state index in [1.165, 1.54) is 0 Å². The first-order chi connectivity index (χ1) is 24.0.